The van der Waals surface area contributed by atoms with Crippen molar-refractivity contribution in [1.82, 2.24) is 15.2 Å². The van der Waals surface area contributed by atoms with Crippen molar-refractivity contribution in [2.75, 3.05) is 19.6 Å². The van der Waals surface area contributed by atoms with E-state index in [1.54, 1.807) is 4.90 Å². The van der Waals surface area contributed by atoms with Crippen molar-refractivity contribution >= 4 is 16.8 Å². The minimum atomic E-state index is -2.30. The molecule has 0 atom stereocenters. The van der Waals surface area contributed by atoms with Gasteiger partial charge in [0.1, 0.15) is 5.69 Å². The Bertz CT molecular complexity index is 733. The summed E-state index contributed by atoms with van der Waals surface area (Å²) in [6.45, 7) is 5.11. The zero-order valence-electron chi connectivity index (χ0n) is 14.0. The summed E-state index contributed by atoms with van der Waals surface area (Å²) in [6.07, 6.45) is -0.887. The van der Waals surface area contributed by atoms with Gasteiger partial charge in [0.15, 0.2) is 0 Å². The molecule has 0 saturated carbocycles. The summed E-state index contributed by atoms with van der Waals surface area (Å²) < 4.78 is 24.8. The molecule has 130 valence electrons. The molecule has 2 N–H and O–H groups in total. The molecule has 2 heterocycles. The number of nitrogens with zero attached hydrogens (tertiary/aromatic N) is 1. The summed E-state index contributed by atoms with van der Waals surface area (Å²) in [4.78, 5) is 17.4. The molecule has 24 heavy (non-hydrogen) atoms. The molecule has 4 nitrogen and oxygen atoms in total. The molecule has 1 aromatic carbocycles. The number of aryl methyl sites for hydroxylation is 2. The summed E-state index contributed by atoms with van der Waals surface area (Å²) in [6, 6.07) is 5.95. The summed E-state index contributed by atoms with van der Waals surface area (Å²) >= 11 is 0. The van der Waals surface area contributed by atoms with E-state index in [2.05, 4.69) is 17.2 Å². The smallest absolute Gasteiger partial charge is 0.267 e. The highest BCUT2D eigenvalue weighted by Crippen LogP contribution is 2.22. The Labute approximate surface area is 140 Å². The van der Waals surface area contributed by atoms with Crippen molar-refractivity contribution in [1.29, 1.82) is 0 Å². The van der Waals surface area contributed by atoms with Gasteiger partial charge in [-0.25, -0.2) is 8.78 Å². The average molecular weight is 335 g/mol. The summed E-state index contributed by atoms with van der Waals surface area (Å²) in [7, 11) is 0. The molecular weight excluding hydrogens is 312 g/mol. The van der Waals surface area contributed by atoms with Crippen molar-refractivity contribution in [2.24, 2.45) is 0 Å². The molecule has 0 bridgehead atoms. The summed E-state index contributed by atoms with van der Waals surface area (Å²) in [5.74, 6) is -0.129. The second kappa shape index (κ2) is 6.89. The number of aromatic nitrogens is 1. The number of benzene rings is 1. The van der Waals surface area contributed by atoms with Gasteiger partial charge in [-0.1, -0.05) is 6.07 Å². The molecule has 1 aliphatic heterocycles. The summed E-state index contributed by atoms with van der Waals surface area (Å²) in [5, 5.41) is 4.08. The number of hydrogen-bond acceptors (Lipinski definition) is 2. The predicted molar refractivity (Wildman–Crippen MR) is 90.7 cm³/mol. The molecule has 0 radical (unpaired) electrons. The number of H-pyrrole nitrogens is 1. The number of amides is 1. The normalized spacial score (nSPS) is 16.9. The second-order valence-corrected chi connectivity index (χ2v) is 6.59. The quantitative estimate of drug-likeness (QED) is 0.901. The Morgan fingerprint density at radius 3 is 2.71 bits per heavy atom. The minimum absolute atomic E-state index is 0.0423. The number of hydrogen-bond donors (Lipinski definition) is 2. The number of carbonyl (C=O) groups excluding carboxylic acids is 1. The molecule has 0 aliphatic carbocycles. The maximum Gasteiger partial charge on any atom is 0.267 e. The zero-order valence-corrected chi connectivity index (χ0v) is 14.0. The minimum Gasteiger partial charge on any atom is -0.351 e. The molecule has 1 aromatic heterocycles. The van der Waals surface area contributed by atoms with Crippen LogP contribution >= 0.6 is 0 Å². The number of carbonyl (C=O) groups is 1. The molecule has 0 spiro atoms. The standard InChI is InChI=1S/C18H23F2N3O/c1-11-3-4-15-14(12(11)2)9-16(22-15)18(24)21-13-5-7-23(8-6-13)10-17(19)20/h3-4,9,13,17,22H,5-8,10H2,1-2H3,(H,21,24). The van der Waals surface area contributed by atoms with Crippen LogP contribution in [0.2, 0.25) is 0 Å². The number of likely N-dealkylation sites (tertiary alicyclic amines) is 1. The highest BCUT2D eigenvalue weighted by molar-refractivity contribution is 5.99. The first-order valence-electron chi connectivity index (χ1n) is 8.34. The van der Waals surface area contributed by atoms with E-state index >= 15 is 0 Å². The van der Waals surface area contributed by atoms with E-state index in [9.17, 15) is 13.6 Å². The highest BCUT2D eigenvalue weighted by atomic mass is 19.3. The Kier molecular flexibility index (Phi) is 4.85. The lowest BCUT2D eigenvalue weighted by Crippen LogP contribution is -2.45. The Morgan fingerprint density at radius 2 is 2.04 bits per heavy atom. The van der Waals surface area contributed by atoms with Crippen molar-refractivity contribution in [3.63, 3.8) is 0 Å². The van der Waals surface area contributed by atoms with E-state index in [0.717, 1.165) is 10.9 Å². The van der Waals surface area contributed by atoms with Gasteiger partial charge in [0.05, 0.1) is 6.54 Å². The zero-order chi connectivity index (χ0) is 17.3. The molecule has 6 heteroatoms. The Balaban J connectivity index is 1.63. The fourth-order valence-electron chi connectivity index (χ4n) is 3.30. The molecule has 3 rings (SSSR count). The lowest BCUT2D eigenvalue weighted by molar-refractivity contribution is 0.0695. The fraction of sp³-hybridized carbons (Fsp3) is 0.500. The topological polar surface area (TPSA) is 48.1 Å². The van der Waals surface area contributed by atoms with E-state index in [1.807, 2.05) is 25.1 Å². The first-order valence-corrected chi connectivity index (χ1v) is 8.34. The maximum absolute atomic E-state index is 12.5. The van der Waals surface area contributed by atoms with Gasteiger partial charge in [-0.15, -0.1) is 0 Å². The van der Waals surface area contributed by atoms with Gasteiger partial charge < -0.3 is 10.3 Å². The van der Waals surface area contributed by atoms with Gasteiger partial charge in [-0.05, 0) is 49.9 Å². The monoisotopic (exact) mass is 335 g/mol. The number of fused-ring (bicyclic) bond motifs is 1. The van der Waals surface area contributed by atoms with E-state index in [4.69, 9.17) is 0 Å². The van der Waals surface area contributed by atoms with Gasteiger partial charge in [0, 0.05) is 30.0 Å². The SMILES string of the molecule is Cc1ccc2[nH]c(C(=O)NC3CCN(CC(F)F)CC3)cc2c1C. The average Bonchev–Trinajstić information content (AvgIpc) is 2.97. The van der Waals surface area contributed by atoms with Gasteiger partial charge in [0.2, 0.25) is 0 Å². The fourth-order valence-corrected chi connectivity index (χ4v) is 3.30. The van der Waals surface area contributed by atoms with Crippen LogP contribution in [0.3, 0.4) is 0 Å². The molecule has 1 fully saturated rings. The third-order valence-corrected chi connectivity index (χ3v) is 4.91. The number of halogens is 2. The van der Waals surface area contributed by atoms with Crippen molar-refractivity contribution in [2.45, 2.75) is 39.2 Å². The van der Waals surface area contributed by atoms with Gasteiger partial charge in [-0.3, -0.25) is 9.69 Å². The van der Waals surface area contributed by atoms with Gasteiger partial charge in [-0.2, -0.15) is 0 Å². The third-order valence-electron chi connectivity index (χ3n) is 4.91. The largest absolute Gasteiger partial charge is 0.351 e. The van der Waals surface area contributed by atoms with Crippen LogP contribution in [0.25, 0.3) is 10.9 Å². The number of piperidine rings is 1. The van der Waals surface area contributed by atoms with Crippen molar-refractivity contribution < 1.29 is 13.6 Å². The van der Waals surface area contributed by atoms with E-state index in [1.165, 1.54) is 11.1 Å². The Morgan fingerprint density at radius 1 is 1.33 bits per heavy atom. The van der Waals surface area contributed by atoms with E-state index < -0.39 is 6.43 Å². The van der Waals surface area contributed by atoms with Crippen LogP contribution in [0.15, 0.2) is 18.2 Å². The van der Waals surface area contributed by atoms with Crippen LogP contribution in [0.4, 0.5) is 8.78 Å². The third kappa shape index (κ3) is 3.59. The van der Waals surface area contributed by atoms with Crippen LogP contribution in [0.1, 0.15) is 34.5 Å². The first-order chi connectivity index (χ1) is 11.4. The van der Waals surface area contributed by atoms with Crippen molar-refractivity contribution in [3.05, 3.63) is 35.0 Å². The van der Waals surface area contributed by atoms with Crippen LogP contribution in [0.5, 0.6) is 0 Å². The molecule has 1 aliphatic rings. The number of aromatic amines is 1. The highest BCUT2D eigenvalue weighted by Gasteiger charge is 2.23. The Hall–Kier alpha value is -1.95. The molecular formula is C18H23F2N3O. The molecule has 1 amide bonds. The van der Waals surface area contributed by atoms with Crippen LogP contribution < -0.4 is 5.32 Å². The van der Waals surface area contributed by atoms with E-state index in [0.29, 0.717) is 31.6 Å². The van der Waals surface area contributed by atoms with Gasteiger partial charge in [0.25, 0.3) is 12.3 Å². The molecule has 2 aromatic rings. The van der Waals surface area contributed by atoms with Crippen LogP contribution in [0, 0.1) is 13.8 Å². The lowest BCUT2D eigenvalue weighted by Gasteiger charge is -2.31. The van der Waals surface area contributed by atoms with Crippen molar-refractivity contribution in [3.8, 4) is 0 Å². The van der Waals surface area contributed by atoms with Crippen LogP contribution in [-0.2, 0) is 0 Å². The van der Waals surface area contributed by atoms with E-state index in [-0.39, 0.29) is 18.5 Å². The number of nitrogens with one attached hydrogen (secondary N) is 2. The summed E-state index contributed by atoms with van der Waals surface area (Å²) in [5.41, 5.74) is 3.87. The first kappa shape index (κ1) is 16.9. The molecule has 0 unspecified atom stereocenters. The molecule has 1 saturated heterocycles. The lowest BCUT2D eigenvalue weighted by atomic mass is 10.0. The number of alkyl halides is 2. The van der Waals surface area contributed by atoms with Gasteiger partial charge >= 0.3 is 0 Å². The maximum atomic E-state index is 12.5. The second-order valence-electron chi connectivity index (χ2n) is 6.59. The predicted octanol–water partition coefficient (Wildman–Crippen LogP) is 3.24. The van der Waals surface area contributed by atoms with Crippen LogP contribution in [-0.4, -0.2) is 47.9 Å². The number of rotatable bonds is 4.